The third-order valence-electron chi connectivity index (χ3n) is 3.96. The third-order valence-corrected chi connectivity index (χ3v) is 4.49. The molecule has 2 aromatic carbocycles. The number of carbonyl (C=O) groups is 2. The number of anilines is 1. The number of nitrogens with zero attached hydrogens (tertiary/aromatic N) is 2. The van der Waals surface area contributed by atoms with Gasteiger partial charge in [-0.05, 0) is 35.4 Å². The average Bonchev–Trinajstić information content (AvgIpc) is 3.09. The number of hydrogen-bond donors (Lipinski definition) is 2. The zero-order valence-electron chi connectivity index (χ0n) is 14.8. The van der Waals surface area contributed by atoms with E-state index >= 15 is 0 Å². The van der Waals surface area contributed by atoms with Gasteiger partial charge in [0.05, 0.1) is 12.7 Å². The molecule has 27 heavy (non-hydrogen) atoms. The highest BCUT2D eigenvalue weighted by Crippen LogP contribution is 2.15. The smallest absolute Gasteiger partial charge is 0.256 e. The van der Waals surface area contributed by atoms with Gasteiger partial charge in [0.25, 0.3) is 5.91 Å². The fourth-order valence-electron chi connectivity index (χ4n) is 2.52. The molecule has 1 aromatic heterocycles. The molecule has 138 valence electrons. The van der Waals surface area contributed by atoms with Crippen molar-refractivity contribution in [1.82, 2.24) is 15.1 Å². The van der Waals surface area contributed by atoms with E-state index in [0.717, 1.165) is 15.6 Å². The molecule has 0 bridgehead atoms. The summed E-state index contributed by atoms with van der Waals surface area (Å²) in [5.74, 6) is 0.333. The highest BCUT2D eigenvalue weighted by Gasteiger charge is 2.10. The molecule has 0 aliphatic rings. The van der Waals surface area contributed by atoms with E-state index in [1.165, 1.54) is 6.92 Å². The van der Waals surface area contributed by atoms with Gasteiger partial charge in [-0.15, -0.1) is 0 Å². The van der Waals surface area contributed by atoms with Gasteiger partial charge in [0.1, 0.15) is 5.82 Å². The first-order chi connectivity index (χ1) is 13.0. The summed E-state index contributed by atoms with van der Waals surface area (Å²) < 4.78 is 2.76. The summed E-state index contributed by atoms with van der Waals surface area (Å²) in [4.78, 5) is 23.5. The van der Waals surface area contributed by atoms with Crippen LogP contribution in [0.1, 0.15) is 28.4 Å². The lowest BCUT2D eigenvalue weighted by Crippen LogP contribution is -2.19. The van der Waals surface area contributed by atoms with Gasteiger partial charge in [0.2, 0.25) is 5.91 Å². The maximum atomic E-state index is 12.5. The molecule has 0 radical (unpaired) electrons. The van der Waals surface area contributed by atoms with Crippen molar-refractivity contribution in [3.8, 4) is 0 Å². The second kappa shape index (κ2) is 8.64. The zero-order valence-corrected chi connectivity index (χ0v) is 16.4. The summed E-state index contributed by atoms with van der Waals surface area (Å²) >= 11 is 3.42. The maximum Gasteiger partial charge on any atom is 0.256 e. The molecule has 0 aliphatic heterocycles. The first-order valence-corrected chi connectivity index (χ1v) is 9.21. The number of benzene rings is 2. The first-order valence-electron chi connectivity index (χ1n) is 8.42. The second-order valence-electron chi connectivity index (χ2n) is 6.06. The molecule has 3 rings (SSSR count). The molecule has 0 fully saturated rings. The average molecular weight is 427 g/mol. The summed E-state index contributed by atoms with van der Waals surface area (Å²) in [6, 6.07) is 16.8. The van der Waals surface area contributed by atoms with Crippen LogP contribution in [0.3, 0.4) is 0 Å². The Morgan fingerprint density at radius 1 is 1.00 bits per heavy atom. The van der Waals surface area contributed by atoms with Crippen molar-refractivity contribution in [2.75, 3.05) is 5.32 Å². The Balaban J connectivity index is 1.65. The molecule has 3 aromatic rings. The van der Waals surface area contributed by atoms with Crippen LogP contribution < -0.4 is 10.6 Å². The minimum absolute atomic E-state index is 0.0872. The van der Waals surface area contributed by atoms with Crippen LogP contribution in [0.2, 0.25) is 0 Å². The number of rotatable bonds is 6. The van der Waals surface area contributed by atoms with Crippen molar-refractivity contribution in [3.05, 3.63) is 82.0 Å². The lowest BCUT2D eigenvalue weighted by Gasteiger charge is -2.10. The molecule has 0 unspecified atom stereocenters. The van der Waals surface area contributed by atoms with Gasteiger partial charge in [-0.1, -0.05) is 40.2 Å². The molecule has 6 nitrogen and oxygen atoms in total. The van der Waals surface area contributed by atoms with Crippen LogP contribution in [-0.4, -0.2) is 21.6 Å². The Bertz CT molecular complexity index is 933. The summed E-state index contributed by atoms with van der Waals surface area (Å²) in [5.41, 5.74) is 2.56. The fraction of sp³-hybridized carbons (Fsp3) is 0.150. The Kier molecular flexibility index (Phi) is 6.03. The third kappa shape index (κ3) is 5.27. The van der Waals surface area contributed by atoms with Gasteiger partial charge in [-0.25, -0.2) is 4.68 Å². The second-order valence-corrected chi connectivity index (χ2v) is 6.98. The SMILES string of the molecule is CC(=O)NCc1ccc(C(=O)Nc2ccnn2Cc2ccc(Br)cc2)cc1. The van der Waals surface area contributed by atoms with Crippen LogP contribution in [0.15, 0.2) is 65.3 Å². The number of hydrogen-bond acceptors (Lipinski definition) is 3. The van der Waals surface area contributed by atoms with Gasteiger partial charge in [0.15, 0.2) is 0 Å². The molecular weight excluding hydrogens is 408 g/mol. The minimum Gasteiger partial charge on any atom is -0.352 e. The molecular formula is C20H19BrN4O2. The first kappa shape index (κ1) is 18.8. The van der Waals surface area contributed by atoms with Gasteiger partial charge in [0, 0.05) is 29.6 Å². The monoisotopic (exact) mass is 426 g/mol. The normalized spacial score (nSPS) is 10.4. The summed E-state index contributed by atoms with van der Waals surface area (Å²) in [5, 5.41) is 9.90. The summed E-state index contributed by atoms with van der Waals surface area (Å²) in [6.07, 6.45) is 1.66. The predicted molar refractivity (Wildman–Crippen MR) is 107 cm³/mol. The van der Waals surface area contributed by atoms with Crippen molar-refractivity contribution in [2.45, 2.75) is 20.0 Å². The van der Waals surface area contributed by atoms with Crippen molar-refractivity contribution in [3.63, 3.8) is 0 Å². The van der Waals surface area contributed by atoms with E-state index in [4.69, 9.17) is 0 Å². The van der Waals surface area contributed by atoms with Gasteiger partial charge < -0.3 is 10.6 Å². The molecule has 0 atom stereocenters. The Labute approximate surface area is 165 Å². The van der Waals surface area contributed by atoms with E-state index in [1.54, 1.807) is 29.1 Å². The highest BCUT2D eigenvalue weighted by atomic mass is 79.9. The fourth-order valence-corrected chi connectivity index (χ4v) is 2.78. The van der Waals surface area contributed by atoms with Crippen molar-refractivity contribution in [2.24, 2.45) is 0 Å². The van der Waals surface area contributed by atoms with Gasteiger partial charge in [-0.3, -0.25) is 9.59 Å². The summed E-state index contributed by atoms with van der Waals surface area (Å²) in [6.45, 7) is 2.47. The number of aromatic nitrogens is 2. The Hall–Kier alpha value is -2.93. The van der Waals surface area contributed by atoms with E-state index in [1.807, 2.05) is 36.4 Å². The molecule has 0 spiro atoms. The van der Waals surface area contributed by atoms with Crippen molar-refractivity contribution >= 4 is 33.6 Å². The van der Waals surface area contributed by atoms with Crippen molar-refractivity contribution in [1.29, 1.82) is 0 Å². The molecule has 7 heteroatoms. The maximum absolute atomic E-state index is 12.5. The largest absolute Gasteiger partial charge is 0.352 e. The number of nitrogens with one attached hydrogen (secondary N) is 2. The quantitative estimate of drug-likeness (QED) is 0.632. The topological polar surface area (TPSA) is 76.0 Å². The number of amides is 2. The molecule has 2 amide bonds. The molecule has 0 saturated carbocycles. The van der Waals surface area contributed by atoms with Gasteiger partial charge in [-0.2, -0.15) is 5.10 Å². The number of carbonyl (C=O) groups excluding carboxylic acids is 2. The van der Waals surface area contributed by atoms with E-state index in [2.05, 4.69) is 31.7 Å². The minimum atomic E-state index is -0.210. The van der Waals surface area contributed by atoms with Crippen molar-refractivity contribution < 1.29 is 9.59 Å². The lowest BCUT2D eigenvalue weighted by molar-refractivity contribution is -0.119. The van der Waals surface area contributed by atoms with Crippen LogP contribution in [-0.2, 0) is 17.9 Å². The molecule has 2 N–H and O–H groups in total. The van der Waals surface area contributed by atoms with E-state index in [9.17, 15) is 9.59 Å². The number of halogens is 1. The van der Waals surface area contributed by atoms with Crippen LogP contribution in [0.4, 0.5) is 5.82 Å². The van der Waals surface area contributed by atoms with Crippen LogP contribution in [0.5, 0.6) is 0 Å². The lowest BCUT2D eigenvalue weighted by atomic mass is 10.1. The standard InChI is InChI=1S/C20H19BrN4O2/c1-14(26)22-12-15-2-6-17(7-3-15)20(27)24-19-10-11-23-25(19)13-16-4-8-18(21)9-5-16/h2-11H,12-13H2,1H3,(H,22,26)(H,24,27). The molecule has 0 aliphatic carbocycles. The predicted octanol–water partition coefficient (Wildman–Crippen LogP) is 3.58. The van der Waals surface area contributed by atoms with Gasteiger partial charge >= 0.3 is 0 Å². The van der Waals surface area contributed by atoms with Crippen LogP contribution >= 0.6 is 15.9 Å². The zero-order chi connectivity index (χ0) is 19.2. The van der Waals surface area contributed by atoms with Crippen LogP contribution in [0.25, 0.3) is 0 Å². The van der Waals surface area contributed by atoms with E-state index in [0.29, 0.717) is 24.5 Å². The molecule has 1 heterocycles. The Morgan fingerprint density at radius 3 is 2.33 bits per heavy atom. The Morgan fingerprint density at radius 2 is 1.67 bits per heavy atom. The van der Waals surface area contributed by atoms with E-state index < -0.39 is 0 Å². The summed E-state index contributed by atoms with van der Waals surface area (Å²) in [7, 11) is 0. The van der Waals surface area contributed by atoms with Crippen LogP contribution in [0, 0.1) is 0 Å². The molecule has 0 saturated heterocycles. The highest BCUT2D eigenvalue weighted by molar-refractivity contribution is 9.10. The van der Waals surface area contributed by atoms with E-state index in [-0.39, 0.29) is 11.8 Å².